The Hall–Kier alpha value is -3.36. The highest BCUT2D eigenvalue weighted by Crippen LogP contribution is 2.17. The van der Waals surface area contributed by atoms with Crippen LogP contribution < -0.4 is 20.7 Å². The molecule has 3 N–H and O–H groups in total. The quantitative estimate of drug-likeness (QED) is 0.428. The summed E-state index contributed by atoms with van der Waals surface area (Å²) in [6, 6.07) is 16.8. The Bertz CT molecular complexity index is 1040. The van der Waals surface area contributed by atoms with Gasteiger partial charge in [0, 0.05) is 29.4 Å². The van der Waals surface area contributed by atoms with Gasteiger partial charge in [-0.25, -0.2) is 0 Å². The van der Waals surface area contributed by atoms with Gasteiger partial charge in [0.2, 0.25) is 0 Å². The zero-order chi connectivity index (χ0) is 22.1. The molecule has 0 saturated heterocycles. The third kappa shape index (κ3) is 7.13. The molecular formula is C22H20ClN3O4S. The van der Waals surface area contributed by atoms with E-state index in [1.807, 2.05) is 5.38 Å². The Balaban J connectivity index is 1.39. The van der Waals surface area contributed by atoms with Gasteiger partial charge in [-0.05, 0) is 53.9 Å². The average molecular weight is 458 g/mol. The maximum Gasteiger partial charge on any atom is 0.262 e. The predicted octanol–water partition coefficient (Wildman–Crippen LogP) is 3.58. The molecule has 3 rings (SSSR count). The highest BCUT2D eigenvalue weighted by atomic mass is 35.5. The normalized spacial score (nSPS) is 10.2. The minimum atomic E-state index is -0.335. The molecule has 160 valence electrons. The zero-order valence-electron chi connectivity index (χ0n) is 16.4. The second-order valence-electron chi connectivity index (χ2n) is 6.36. The van der Waals surface area contributed by atoms with Crippen molar-refractivity contribution in [3.8, 4) is 5.75 Å². The molecule has 7 nitrogen and oxygen atoms in total. The first-order valence-electron chi connectivity index (χ1n) is 9.39. The maximum absolute atomic E-state index is 12.2. The molecule has 1 aromatic heterocycles. The molecule has 3 amide bonds. The van der Waals surface area contributed by atoms with Crippen LogP contribution in [0.4, 0.5) is 5.69 Å². The lowest BCUT2D eigenvalue weighted by atomic mass is 10.2. The second kappa shape index (κ2) is 11.1. The highest BCUT2D eigenvalue weighted by molar-refractivity contribution is 7.12. The van der Waals surface area contributed by atoms with Crippen LogP contribution in [0, 0.1) is 0 Å². The van der Waals surface area contributed by atoms with Gasteiger partial charge in [0.25, 0.3) is 17.7 Å². The number of halogens is 1. The summed E-state index contributed by atoms with van der Waals surface area (Å²) in [7, 11) is 0. The molecule has 0 bridgehead atoms. The average Bonchev–Trinajstić information content (AvgIpc) is 3.31. The fraction of sp³-hybridized carbons (Fsp3) is 0.136. The van der Waals surface area contributed by atoms with Crippen LogP contribution in [0.25, 0.3) is 0 Å². The van der Waals surface area contributed by atoms with Crippen LogP contribution >= 0.6 is 22.9 Å². The van der Waals surface area contributed by atoms with E-state index < -0.39 is 0 Å². The van der Waals surface area contributed by atoms with Crippen molar-refractivity contribution < 1.29 is 19.1 Å². The van der Waals surface area contributed by atoms with E-state index in [1.165, 1.54) is 11.3 Å². The number of carbonyl (C=O) groups is 3. The molecule has 31 heavy (non-hydrogen) atoms. The Morgan fingerprint density at radius 3 is 2.32 bits per heavy atom. The number of carbonyl (C=O) groups excluding carboxylic acids is 3. The predicted molar refractivity (Wildman–Crippen MR) is 121 cm³/mol. The molecule has 9 heteroatoms. The molecule has 0 fully saturated rings. The van der Waals surface area contributed by atoms with Crippen molar-refractivity contribution in [1.82, 2.24) is 10.6 Å². The van der Waals surface area contributed by atoms with Crippen LogP contribution in [0.3, 0.4) is 0 Å². The van der Waals surface area contributed by atoms with Crippen molar-refractivity contribution in [2.45, 2.75) is 0 Å². The number of thiophene rings is 1. The van der Waals surface area contributed by atoms with Crippen LogP contribution in [0.1, 0.15) is 20.0 Å². The van der Waals surface area contributed by atoms with Crippen LogP contribution in [-0.4, -0.2) is 37.4 Å². The third-order valence-corrected chi connectivity index (χ3v) is 5.14. The van der Waals surface area contributed by atoms with Gasteiger partial charge in [0.15, 0.2) is 6.61 Å². The van der Waals surface area contributed by atoms with Gasteiger partial charge in [0.1, 0.15) is 5.75 Å². The molecule has 0 unspecified atom stereocenters. The van der Waals surface area contributed by atoms with Crippen LogP contribution in [0.15, 0.2) is 66.0 Å². The first-order chi connectivity index (χ1) is 15.0. The number of anilines is 1. The van der Waals surface area contributed by atoms with Gasteiger partial charge in [-0.1, -0.05) is 23.7 Å². The summed E-state index contributed by atoms with van der Waals surface area (Å²) in [5, 5.41) is 10.5. The van der Waals surface area contributed by atoms with Gasteiger partial charge < -0.3 is 20.7 Å². The van der Waals surface area contributed by atoms with E-state index in [0.29, 0.717) is 40.0 Å². The summed E-state index contributed by atoms with van der Waals surface area (Å²) in [5.74, 6) is -0.267. The SMILES string of the molecule is O=C(COc1cccc(Cl)c1)Nc1ccc(C(=O)NCCNC(=O)c2cccs2)cc1. The van der Waals surface area contributed by atoms with E-state index in [1.54, 1.807) is 60.7 Å². The zero-order valence-corrected chi connectivity index (χ0v) is 18.0. The monoisotopic (exact) mass is 457 g/mol. The number of ether oxygens (including phenoxy) is 1. The summed E-state index contributed by atoms with van der Waals surface area (Å²) in [4.78, 5) is 36.7. The van der Waals surface area contributed by atoms with Crippen LogP contribution in [0.2, 0.25) is 5.02 Å². The largest absolute Gasteiger partial charge is 0.484 e. The lowest BCUT2D eigenvalue weighted by molar-refractivity contribution is -0.118. The van der Waals surface area contributed by atoms with E-state index in [2.05, 4.69) is 16.0 Å². The van der Waals surface area contributed by atoms with E-state index in [9.17, 15) is 14.4 Å². The van der Waals surface area contributed by atoms with Gasteiger partial charge in [-0.3, -0.25) is 14.4 Å². The van der Waals surface area contributed by atoms with Gasteiger partial charge in [-0.15, -0.1) is 11.3 Å². The minimum absolute atomic E-state index is 0.163. The topological polar surface area (TPSA) is 96.5 Å². The number of hydrogen-bond donors (Lipinski definition) is 3. The summed E-state index contributed by atoms with van der Waals surface area (Å²) in [6.07, 6.45) is 0. The van der Waals surface area contributed by atoms with Gasteiger partial charge >= 0.3 is 0 Å². The Labute approximate surface area is 188 Å². The van der Waals surface area contributed by atoms with Crippen molar-refractivity contribution in [1.29, 1.82) is 0 Å². The Kier molecular flexibility index (Phi) is 8.03. The van der Waals surface area contributed by atoms with Crippen molar-refractivity contribution >= 4 is 46.3 Å². The standard InChI is InChI=1S/C22H20ClN3O4S/c23-16-3-1-4-18(13-16)30-14-20(27)26-17-8-6-15(7-9-17)21(28)24-10-11-25-22(29)19-5-2-12-31-19/h1-9,12-13H,10-11,14H2,(H,24,28)(H,25,29)(H,26,27). The minimum Gasteiger partial charge on any atom is -0.484 e. The molecule has 0 saturated carbocycles. The van der Waals surface area contributed by atoms with Crippen LogP contribution in [-0.2, 0) is 4.79 Å². The molecule has 2 aromatic carbocycles. The number of benzene rings is 2. The molecule has 0 radical (unpaired) electrons. The molecular weight excluding hydrogens is 438 g/mol. The fourth-order valence-corrected chi connectivity index (χ4v) is 3.38. The molecule has 1 heterocycles. The van der Waals surface area contributed by atoms with Gasteiger partial charge in [0.05, 0.1) is 4.88 Å². The molecule has 0 atom stereocenters. The van der Waals surface area contributed by atoms with Crippen molar-refractivity contribution in [3.63, 3.8) is 0 Å². The summed E-state index contributed by atoms with van der Waals surface area (Å²) in [6.45, 7) is 0.457. The first-order valence-corrected chi connectivity index (χ1v) is 10.7. The second-order valence-corrected chi connectivity index (χ2v) is 7.74. The molecule has 0 aliphatic rings. The smallest absolute Gasteiger partial charge is 0.262 e. The van der Waals surface area contributed by atoms with Gasteiger partial charge in [-0.2, -0.15) is 0 Å². The van der Waals surface area contributed by atoms with E-state index >= 15 is 0 Å². The lowest BCUT2D eigenvalue weighted by Gasteiger charge is -2.09. The third-order valence-electron chi connectivity index (χ3n) is 4.04. The number of rotatable bonds is 9. The molecule has 0 spiro atoms. The Morgan fingerprint density at radius 1 is 0.903 bits per heavy atom. The maximum atomic E-state index is 12.2. The number of hydrogen-bond acceptors (Lipinski definition) is 5. The molecule has 0 aliphatic heterocycles. The highest BCUT2D eigenvalue weighted by Gasteiger charge is 2.09. The number of nitrogens with one attached hydrogen (secondary N) is 3. The molecule has 0 aliphatic carbocycles. The fourth-order valence-electron chi connectivity index (χ4n) is 2.56. The van der Waals surface area contributed by atoms with E-state index in [0.717, 1.165) is 0 Å². The van der Waals surface area contributed by atoms with Crippen molar-refractivity contribution in [3.05, 3.63) is 81.5 Å². The van der Waals surface area contributed by atoms with E-state index in [-0.39, 0.29) is 24.3 Å². The summed E-state index contributed by atoms with van der Waals surface area (Å²) in [5.41, 5.74) is 0.984. The summed E-state index contributed by atoms with van der Waals surface area (Å²) >= 11 is 7.23. The van der Waals surface area contributed by atoms with Crippen molar-refractivity contribution in [2.75, 3.05) is 25.0 Å². The lowest BCUT2D eigenvalue weighted by Crippen LogP contribution is -2.34. The van der Waals surface area contributed by atoms with Crippen molar-refractivity contribution in [2.24, 2.45) is 0 Å². The first kappa shape index (κ1) is 22.3. The Morgan fingerprint density at radius 2 is 1.65 bits per heavy atom. The molecule has 3 aromatic rings. The van der Waals surface area contributed by atoms with E-state index in [4.69, 9.17) is 16.3 Å². The number of amides is 3. The summed E-state index contributed by atoms with van der Waals surface area (Å²) < 4.78 is 5.39. The van der Waals surface area contributed by atoms with Crippen LogP contribution in [0.5, 0.6) is 5.75 Å².